The lowest BCUT2D eigenvalue weighted by Crippen LogP contribution is -2.12. The van der Waals surface area contributed by atoms with E-state index in [1.54, 1.807) is 30.3 Å². The first-order valence-corrected chi connectivity index (χ1v) is 7.03. The lowest BCUT2D eigenvalue weighted by atomic mass is 10.2. The highest BCUT2D eigenvalue weighted by Gasteiger charge is 2.10. The highest BCUT2D eigenvalue weighted by Crippen LogP contribution is 2.25. The van der Waals surface area contributed by atoms with Gasteiger partial charge < -0.3 is 5.32 Å². The third kappa shape index (κ3) is 3.18. The van der Waals surface area contributed by atoms with Gasteiger partial charge in [0.1, 0.15) is 0 Å². The van der Waals surface area contributed by atoms with Gasteiger partial charge in [-0.25, -0.2) is 0 Å². The molecule has 0 unspecified atom stereocenters. The summed E-state index contributed by atoms with van der Waals surface area (Å²) in [6.07, 6.45) is 0. The van der Waals surface area contributed by atoms with Gasteiger partial charge in [0.05, 0.1) is 16.3 Å². The fraction of sp³-hybridized carbons (Fsp3) is 0. The lowest BCUT2D eigenvalue weighted by molar-refractivity contribution is 0.102. The van der Waals surface area contributed by atoms with Crippen molar-refractivity contribution in [2.24, 2.45) is 0 Å². The number of carbonyl (C=O) groups excluding carboxylic acids is 1. The summed E-state index contributed by atoms with van der Waals surface area (Å²) in [6, 6.07) is 12.6. The molecular weight excluding hydrogens is 381 g/mol. The van der Waals surface area contributed by atoms with Crippen molar-refractivity contribution in [2.75, 3.05) is 5.32 Å². The van der Waals surface area contributed by atoms with Gasteiger partial charge in [0, 0.05) is 8.47 Å². The Kier molecular flexibility index (Phi) is 4.53. The Morgan fingerprint density at radius 2 is 1.94 bits per heavy atom. The molecule has 2 rings (SSSR count). The minimum atomic E-state index is -0.219. The zero-order valence-corrected chi connectivity index (χ0v) is 13.0. The molecule has 0 spiro atoms. The van der Waals surface area contributed by atoms with E-state index in [1.807, 2.05) is 12.1 Å². The molecule has 0 heterocycles. The van der Waals surface area contributed by atoms with Gasteiger partial charge in [-0.3, -0.25) is 4.79 Å². The molecule has 0 aliphatic carbocycles. The first-order chi connectivity index (χ1) is 8.58. The minimum Gasteiger partial charge on any atom is -0.321 e. The first-order valence-electron chi connectivity index (χ1n) is 5.12. The van der Waals surface area contributed by atoms with E-state index in [2.05, 4.69) is 40.5 Å². The summed E-state index contributed by atoms with van der Waals surface area (Å²) in [5.41, 5.74) is 1.12. The van der Waals surface area contributed by atoms with Crippen molar-refractivity contribution in [2.45, 2.75) is 4.90 Å². The van der Waals surface area contributed by atoms with Crippen molar-refractivity contribution in [1.29, 1.82) is 0 Å². The van der Waals surface area contributed by atoms with Gasteiger partial charge in [-0.2, -0.15) is 0 Å². The Balaban J connectivity index is 2.24. The molecule has 0 aliphatic rings. The third-order valence-corrected chi connectivity index (χ3v) is 3.70. The van der Waals surface area contributed by atoms with Crippen molar-refractivity contribution in [3.8, 4) is 0 Å². The van der Waals surface area contributed by atoms with Gasteiger partial charge >= 0.3 is 0 Å². The van der Waals surface area contributed by atoms with E-state index >= 15 is 0 Å². The molecule has 0 saturated carbocycles. The Morgan fingerprint density at radius 3 is 2.61 bits per heavy atom. The fourth-order valence-electron chi connectivity index (χ4n) is 1.45. The minimum absolute atomic E-state index is 0.219. The van der Waals surface area contributed by atoms with Crippen LogP contribution < -0.4 is 5.32 Å². The van der Waals surface area contributed by atoms with Crippen LogP contribution >= 0.6 is 46.8 Å². The second-order valence-corrected chi connectivity index (χ2v) is 5.73. The molecule has 0 aliphatic heterocycles. The molecule has 0 radical (unpaired) electrons. The molecule has 2 aromatic carbocycles. The molecule has 0 atom stereocenters. The lowest BCUT2D eigenvalue weighted by Gasteiger charge is -2.08. The normalized spacial score (nSPS) is 10.2. The molecule has 0 bridgehead atoms. The topological polar surface area (TPSA) is 29.1 Å². The highest BCUT2D eigenvalue weighted by atomic mass is 127. The van der Waals surface area contributed by atoms with Crippen molar-refractivity contribution >= 4 is 58.4 Å². The molecule has 2 nitrogen and oxygen atoms in total. The van der Waals surface area contributed by atoms with Gasteiger partial charge in [0.25, 0.3) is 5.91 Å². The van der Waals surface area contributed by atoms with Crippen LogP contribution in [0.25, 0.3) is 0 Å². The molecular formula is C13H9ClINOS. The number of nitrogens with one attached hydrogen (secondary N) is 1. The largest absolute Gasteiger partial charge is 0.321 e. The van der Waals surface area contributed by atoms with Crippen LogP contribution in [-0.2, 0) is 0 Å². The molecule has 0 aromatic heterocycles. The SMILES string of the molecule is O=C(Nc1ccc(I)cc1Cl)c1ccccc1S. The Hall–Kier alpha value is -0.720. The Bertz CT molecular complexity index is 603. The van der Waals surface area contributed by atoms with Crippen LogP contribution in [0.5, 0.6) is 0 Å². The predicted octanol–water partition coefficient (Wildman–Crippen LogP) is 4.49. The van der Waals surface area contributed by atoms with Gasteiger partial charge in [-0.05, 0) is 52.9 Å². The van der Waals surface area contributed by atoms with Gasteiger partial charge in [-0.15, -0.1) is 12.6 Å². The highest BCUT2D eigenvalue weighted by molar-refractivity contribution is 14.1. The van der Waals surface area contributed by atoms with Crippen molar-refractivity contribution in [3.63, 3.8) is 0 Å². The van der Waals surface area contributed by atoms with Gasteiger partial charge in [-0.1, -0.05) is 23.7 Å². The Labute approximate surface area is 129 Å². The molecule has 92 valence electrons. The maximum absolute atomic E-state index is 12.1. The second-order valence-electron chi connectivity index (χ2n) is 3.60. The summed E-state index contributed by atoms with van der Waals surface area (Å²) in [6.45, 7) is 0. The average molecular weight is 390 g/mol. The fourth-order valence-corrected chi connectivity index (χ4v) is 2.61. The number of rotatable bonds is 2. The molecule has 18 heavy (non-hydrogen) atoms. The van der Waals surface area contributed by atoms with Crippen LogP contribution in [0.15, 0.2) is 47.4 Å². The molecule has 1 amide bonds. The van der Waals surface area contributed by atoms with E-state index in [9.17, 15) is 4.79 Å². The monoisotopic (exact) mass is 389 g/mol. The third-order valence-electron chi connectivity index (χ3n) is 2.33. The van der Waals surface area contributed by atoms with E-state index in [0.717, 1.165) is 3.57 Å². The van der Waals surface area contributed by atoms with Crippen LogP contribution in [0.4, 0.5) is 5.69 Å². The molecule has 0 fully saturated rings. The number of thiol groups is 1. The summed E-state index contributed by atoms with van der Waals surface area (Å²) in [7, 11) is 0. The number of halogens is 2. The summed E-state index contributed by atoms with van der Waals surface area (Å²) in [5.74, 6) is -0.219. The quantitative estimate of drug-likeness (QED) is 0.575. The van der Waals surface area contributed by atoms with Crippen molar-refractivity contribution < 1.29 is 4.79 Å². The first kappa shape index (κ1) is 13.7. The van der Waals surface area contributed by atoms with Crippen LogP contribution in [0, 0.1) is 3.57 Å². The smallest absolute Gasteiger partial charge is 0.256 e. The standard InChI is InChI=1S/C13H9ClINOS/c14-10-7-8(15)5-6-11(10)16-13(17)9-3-1-2-4-12(9)18/h1-7,18H,(H,16,17). The maximum atomic E-state index is 12.1. The van der Waals surface area contributed by atoms with Crippen molar-refractivity contribution in [3.05, 3.63) is 56.6 Å². The number of hydrogen-bond acceptors (Lipinski definition) is 2. The van der Waals surface area contributed by atoms with Crippen LogP contribution in [0.1, 0.15) is 10.4 Å². The number of benzene rings is 2. The molecule has 5 heteroatoms. The molecule has 2 aromatic rings. The Morgan fingerprint density at radius 1 is 1.22 bits per heavy atom. The second kappa shape index (κ2) is 5.95. The van der Waals surface area contributed by atoms with E-state index in [1.165, 1.54) is 0 Å². The summed E-state index contributed by atoms with van der Waals surface area (Å²) in [5, 5.41) is 3.29. The number of hydrogen-bond donors (Lipinski definition) is 2. The van der Waals surface area contributed by atoms with Gasteiger partial charge in [0.15, 0.2) is 0 Å². The number of carbonyl (C=O) groups is 1. The van der Waals surface area contributed by atoms with Crippen LogP contribution in [0.2, 0.25) is 5.02 Å². The molecule has 1 N–H and O–H groups in total. The number of anilines is 1. The summed E-state index contributed by atoms with van der Waals surface area (Å²) < 4.78 is 1.02. The predicted molar refractivity (Wildman–Crippen MR) is 85.8 cm³/mol. The molecule has 0 saturated heterocycles. The van der Waals surface area contributed by atoms with Crippen molar-refractivity contribution in [1.82, 2.24) is 0 Å². The average Bonchev–Trinajstić information content (AvgIpc) is 2.33. The van der Waals surface area contributed by atoms with Crippen LogP contribution in [-0.4, -0.2) is 5.91 Å². The van der Waals surface area contributed by atoms with E-state index in [0.29, 0.717) is 21.2 Å². The summed E-state index contributed by atoms with van der Waals surface area (Å²) >= 11 is 12.5. The van der Waals surface area contributed by atoms with Gasteiger partial charge in [0.2, 0.25) is 0 Å². The van der Waals surface area contributed by atoms with E-state index in [4.69, 9.17) is 11.6 Å². The van der Waals surface area contributed by atoms with E-state index < -0.39 is 0 Å². The van der Waals surface area contributed by atoms with Crippen LogP contribution in [0.3, 0.4) is 0 Å². The van der Waals surface area contributed by atoms with E-state index in [-0.39, 0.29) is 5.91 Å². The maximum Gasteiger partial charge on any atom is 0.256 e. The zero-order valence-electron chi connectivity index (χ0n) is 9.15. The number of amides is 1. The summed E-state index contributed by atoms with van der Waals surface area (Å²) in [4.78, 5) is 12.7. The zero-order chi connectivity index (χ0) is 13.1.